The van der Waals surface area contributed by atoms with Gasteiger partial charge < -0.3 is 4.74 Å². The van der Waals surface area contributed by atoms with Gasteiger partial charge in [-0.05, 0) is 42.0 Å². The molecule has 0 aliphatic carbocycles. The van der Waals surface area contributed by atoms with Crippen LogP contribution in [0.3, 0.4) is 0 Å². The van der Waals surface area contributed by atoms with E-state index in [1.807, 2.05) is 30.3 Å². The summed E-state index contributed by atoms with van der Waals surface area (Å²) < 4.78 is 6.90. The molecule has 1 fully saturated rings. The molecule has 0 aromatic heterocycles. The largest absolute Gasteiger partial charge is 0.488 e. The summed E-state index contributed by atoms with van der Waals surface area (Å²) in [7, 11) is 0. The average molecular weight is 477 g/mol. The molecule has 1 aliphatic heterocycles. The number of hydrogen-bond acceptors (Lipinski definition) is 4. The minimum atomic E-state index is -0.780. The molecular formula is C24H17BrN2O4. The predicted molar refractivity (Wildman–Crippen MR) is 120 cm³/mol. The molecule has 0 spiro atoms. The number of amides is 4. The molecule has 31 heavy (non-hydrogen) atoms. The molecule has 1 aliphatic rings. The van der Waals surface area contributed by atoms with Crippen molar-refractivity contribution < 1.29 is 19.1 Å². The number of urea groups is 1. The molecule has 154 valence electrons. The fourth-order valence-corrected chi connectivity index (χ4v) is 3.36. The SMILES string of the molecule is O=C1NC(=O)N(c2ccccc2)C(=O)/C1=C/c1ccccc1OCc1ccc(Br)cc1. The van der Waals surface area contributed by atoms with E-state index in [-0.39, 0.29) is 5.57 Å². The normalized spacial score (nSPS) is 15.2. The number of carbonyl (C=O) groups excluding carboxylic acids is 3. The molecule has 3 aromatic carbocycles. The average Bonchev–Trinajstić information content (AvgIpc) is 2.77. The van der Waals surface area contributed by atoms with Gasteiger partial charge in [-0.2, -0.15) is 0 Å². The highest BCUT2D eigenvalue weighted by atomic mass is 79.9. The second-order valence-corrected chi connectivity index (χ2v) is 7.66. The van der Waals surface area contributed by atoms with Crippen LogP contribution in [0.5, 0.6) is 5.75 Å². The van der Waals surface area contributed by atoms with Crippen molar-refractivity contribution in [2.24, 2.45) is 0 Å². The van der Waals surface area contributed by atoms with Gasteiger partial charge in [-0.1, -0.05) is 64.5 Å². The first kappa shape index (κ1) is 20.6. The molecule has 4 rings (SSSR count). The van der Waals surface area contributed by atoms with E-state index in [1.54, 1.807) is 48.5 Å². The lowest BCUT2D eigenvalue weighted by atomic mass is 10.1. The van der Waals surface area contributed by atoms with Crippen molar-refractivity contribution in [3.05, 3.63) is 100 Å². The number of benzene rings is 3. The molecule has 3 aromatic rings. The van der Waals surface area contributed by atoms with Crippen molar-refractivity contribution in [2.45, 2.75) is 6.61 Å². The Morgan fingerprint density at radius 3 is 2.29 bits per heavy atom. The van der Waals surface area contributed by atoms with Gasteiger partial charge in [0, 0.05) is 10.0 Å². The third-order valence-electron chi connectivity index (χ3n) is 4.64. The van der Waals surface area contributed by atoms with Gasteiger partial charge >= 0.3 is 6.03 Å². The number of rotatable bonds is 5. The summed E-state index contributed by atoms with van der Waals surface area (Å²) in [6, 6.07) is 22.5. The molecule has 0 bridgehead atoms. The number of halogens is 1. The fraction of sp³-hybridized carbons (Fsp3) is 0.0417. The van der Waals surface area contributed by atoms with Crippen molar-refractivity contribution >= 4 is 45.5 Å². The van der Waals surface area contributed by atoms with Crippen LogP contribution in [0.1, 0.15) is 11.1 Å². The van der Waals surface area contributed by atoms with Crippen LogP contribution in [0, 0.1) is 0 Å². The predicted octanol–water partition coefficient (Wildman–Crippen LogP) is 4.69. The number of ether oxygens (including phenoxy) is 1. The zero-order valence-electron chi connectivity index (χ0n) is 16.2. The second-order valence-electron chi connectivity index (χ2n) is 6.75. The number of anilines is 1. The van der Waals surface area contributed by atoms with Crippen LogP contribution in [0.25, 0.3) is 6.08 Å². The summed E-state index contributed by atoms with van der Waals surface area (Å²) in [6.45, 7) is 0.322. The summed E-state index contributed by atoms with van der Waals surface area (Å²) in [5.41, 5.74) is 1.75. The first-order chi connectivity index (χ1) is 15.0. The first-order valence-electron chi connectivity index (χ1n) is 9.46. The zero-order chi connectivity index (χ0) is 21.8. The summed E-state index contributed by atoms with van der Waals surface area (Å²) >= 11 is 3.40. The number of imide groups is 2. The molecule has 1 saturated heterocycles. The van der Waals surface area contributed by atoms with Crippen LogP contribution in [-0.4, -0.2) is 17.8 Å². The van der Waals surface area contributed by atoms with Crippen LogP contribution in [0.2, 0.25) is 0 Å². The number of nitrogens with one attached hydrogen (secondary N) is 1. The van der Waals surface area contributed by atoms with Gasteiger partial charge in [0.25, 0.3) is 11.8 Å². The second kappa shape index (κ2) is 8.97. The van der Waals surface area contributed by atoms with Gasteiger partial charge in [0.15, 0.2) is 0 Å². The topological polar surface area (TPSA) is 75.7 Å². The Hall–Kier alpha value is -3.71. The van der Waals surface area contributed by atoms with Crippen LogP contribution < -0.4 is 15.0 Å². The Bertz CT molecular complexity index is 1170. The molecule has 4 amide bonds. The summed E-state index contributed by atoms with van der Waals surface area (Å²) in [5, 5.41) is 2.22. The quantitative estimate of drug-likeness (QED) is 0.427. The lowest BCUT2D eigenvalue weighted by Gasteiger charge is -2.26. The highest BCUT2D eigenvalue weighted by molar-refractivity contribution is 9.10. The summed E-state index contributed by atoms with van der Waals surface area (Å²) in [5.74, 6) is -0.922. The van der Waals surface area contributed by atoms with Gasteiger partial charge in [-0.3, -0.25) is 14.9 Å². The number of carbonyl (C=O) groups is 3. The molecule has 0 radical (unpaired) electrons. The first-order valence-corrected chi connectivity index (χ1v) is 10.2. The van der Waals surface area contributed by atoms with E-state index in [2.05, 4.69) is 21.2 Å². The molecule has 7 heteroatoms. The molecule has 1 N–H and O–H groups in total. The lowest BCUT2D eigenvalue weighted by Crippen LogP contribution is -2.54. The third kappa shape index (κ3) is 4.57. The minimum Gasteiger partial charge on any atom is -0.488 e. The number of barbiturate groups is 1. The van der Waals surface area contributed by atoms with Gasteiger partial charge in [0.2, 0.25) is 0 Å². The van der Waals surface area contributed by atoms with Gasteiger partial charge in [-0.15, -0.1) is 0 Å². The van der Waals surface area contributed by atoms with Crippen molar-refractivity contribution in [3.8, 4) is 5.75 Å². The van der Waals surface area contributed by atoms with Crippen LogP contribution in [0.4, 0.5) is 10.5 Å². The van der Waals surface area contributed by atoms with E-state index in [9.17, 15) is 14.4 Å². The molecule has 1 heterocycles. The van der Waals surface area contributed by atoms with Gasteiger partial charge in [-0.25, -0.2) is 9.69 Å². The number of hydrogen-bond donors (Lipinski definition) is 1. The van der Waals surface area contributed by atoms with E-state index >= 15 is 0 Å². The molecule has 0 unspecified atom stereocenters. The molecule has 0 atom stereocenters. The van der Waals surface area contributed by atoms with Gasteiger partial charge in [0.1, 0.15) is 17.9 Å². The van der Waals surface area contributed by atoms with E-state index < -0.39 is 17.8 Å². The highest BCUT2D eigenvalue weighted by Crippen LogP contribution is 2.26. The van der Waals surface area contributed by atoms with Crippen LogP contribution >= 0.6 is 15.9 Å². The fourth-order valence-electron chi connectivity index (χ4n) is 3.10. The number of para-hydroxylation sites is 2. The monoisotopic (exact) mass is 476 g/mol. The smallest absolute Gasteiger partial charge is 0.335 e. The Kier molecular flexibility index (Phi) is 5.95. The van der Waals surface area contributed by atoms with Crippen LogP contribution in [-0.2, 0) is 16.2 Å². The van der Waals surface area contributed by atoms with Crippen molar-refractivity contribution in [1.82, 2.24) is 5.32 Å². The zero-order valence-corrected chi connectivity index (χ0v) is 17.8. The van der Waals surface area contributed by atoms with Crippen molar-refractivity contribution in [3.63, 3.8) is 0 Å². The maximum atomic E-state index is 13.0. The molecular weight excluding hydrogens is 460 g/mol. The van der Waals surface area contributed by atoms with Crippen molar-refractivity contribution in [1.29, 1.82) is 0 Å². The Morgan fingerprint density at radius 2 is 1.55 bits per heavy atom. The summed E-state index contributed by atoms with van der Waals surface area (Å²) in [6.07, 6.45) is 1.44. The van der Waals surface area contributed by atoms with E-state index in [0.29, 0.717) is 23.6 Å². The lowest BCUT2D eigenvalue weighted by molar-refractivity contribution is -0.122. The Labute approximate surface area is 187 Å². The molecule has 6 nitrogen and oxygen atoms in total. The van der Waals surface area contributed by atoms with E-state index in [0.717, 1.165) is 14.9 Å². The summed E-state index contributed by atoms with van der Waals surface area (Å²) in [4.78, 5) is 38.7. The Morgan fingerprint density at radius 1 is 0.871 bits per heavy atom. The highest BCUT2D eigenvalue weighted by Gasteiger charge is 2.36. The number of nitrogens with zero attached hydrogens (tertiary/aromatic N) is 1. The van der Waals surface area contributed by atoms with Crippen LogP contribution in [0.15, 0.2) is 88.9 Å². The van der Waals surface area contributed by atoms with Crippen molar-refractivity contribution in [2.75, 3.05) is 4.90 Å². The maximum absolute atomic E-state index is 13.0. The third-order valence-corrected chi connectivity index (χ3v) is 5.17. The minimum absolute atomic E-state index is 0.150. The Balaban J connectivity index is 1.62. The standard InChI is InChI=1S/C24H17BrN2O4/c25-18-12-10-16(11-13-18)15-31-21-9-5-4-6-17(21)14-20-22(28)26-24(30)27(23(20)29)19-7-2-1-3-8-19/h1-14H,15H2,(H,26,28,30)/b20-14+. The van der Waals surface area contributed by atoms with E-state index in [1.165, 1.54) is 6.08 Å². The van der Waals surface area contributed by atoms with Gasteiger partial charge in [0.05, 0.1) is 5.69 Å². The maximum Gasteiger partial charge on any atom is 0.335 e. The molecule has 0 saturated carbocycles. The van der Waals surface area contributed by atoms with E-state index in [4.69, 9.17) is 4.74 Å².